The first kappa shape index (κ1) is 18.6. The van der Waals surface area contributed by atoms with Crippen molar-refractivity contribution in [3.63, 3.8) is 0 Å². The van der Waals surface area contributed by atoms with Crippen LogP contribution in [0.3, 0.4) is 0 Å². The number of amides is 1. The fourth-order valence-electron chi connectivity index (χ4n) is 2.74. The molecule has 136 valence electrons. The van der Waals surface area contributed by atoms with Gasteiger partial charge in [0.05, 0.1) is 10.6 Å². The van der Waals surface area contributed by atoms with E-state index in [1.165, 1.54) is 6.92 Å². The van der Waals surface area contributed by atoms with Crippen molar-refractivity contribution in [3.8, 4) is 5.75 Å². The molecule has 1 atom stereocenters. The van der Waals surface area contributed by atoms with Crippen LogP contribution >= 0.6 is 15.9 Å². The number of halogens is 1. The summed E-state index contributed by atoms with van der Waals surface area (Å²) >= 11 is 3.45. The molecule has 2 aromatic rings. The van der Waals surface area contributed by atoms with Gasteiger partial charge in [-0.3, -0.25) is 9.59 Å². The molecule has 1 aliphatic heterocycles. The van der Waals surface area contributed by atoms with Crippen LogP contribution in [0.25, 0.3) is 0 Å². The molecule has 0 aliphatic carbocycles. The summed E-state index contributed by atoms with van der Waals surface area (Å²) < 4.78 is 12.0. The van der Waals surface area contributed by atoms with Crippen LogP contribution < -0.4 is 10.1 Å². The van der Waals surface area contributed by atoms with Gasteiger partial charge in [-0.25, -0.2) is 0 Å². The number of Topliss-reactive ketones (excluding diaryl/α,β-unsaturated/α-hetero) is 1. The fraction of sp³-hybridized carbons (Fsp3) is 0.300. The largest absolute Gasteiger partial charge is 0.490 e. The summed E-state index contributed by atoms with van der Waals surface area (Å²) in [5, 5.41) is 2.80. The molecule has 26 heavy (non-hydrogen) atoms. The molecule has 1 heterocycles. The zero-order valence-corrected chi connectivity index (χ0v) is 16.0. The van der Waals surface area contributed by atoms with Crippen molar-refractivity contribution in [3.05, 3.63) is 58.1 Å². The number of anilines is 1. The number of carbonyl (C=O) groups is 2. The SMILES string of the molecule is CC(=O)c1cccc(NC(=O)c2ccc(OCC3CCCO3)c(Br)c2)c1. The number of nitrogens with one attached hydrogen (secondary N) is 1. The maximum Gasteiger partial charge on any atom is 0.255 e. The molecule has 3 rings (SSSR count). The topological polar surface area (TPSA) is 64.6 Å². The molecular weight excluding hydrogens is 398 g/mol. The Morgan fingerprint density at radius 3 is 2.77 bits per heavy atom. The van der Waals surface area contributed by atoms with Gasteiger partial charge >= 0.3 is 0 Å². The highest BCUT2D eigenvalue weighted by molar-refractivity contribution is 9.10. The molecular formula is C20H20BrNO4. The van der Waals surface area contributed by atoms with Crippen molar-refractivity contribution in [1.82, 2.24) is 0 Å². The van der Waals surface area contributed by atoms with Crippen molar-refractivity contribution in [2.75, 3.05) is 18.5 Å². The Morgan fingerprint density at radius 1 is 1.23 bits per heavy atom. The van der Waals surface area contributed by atoms with E-state index in [1.54, 1.807) is 42.5 Å². The maximum absolute atomic E-state index is 12.4. The number of benzene rings is 2. The smallest absolute Gasteiger partial charge is 0.255 e. The first-order valence-electron chi connectivity index (χ1n) is 8.49. The third kappa shape index (κ3) is 4.71. The van der Waals surface area contributed by atoms with E-state index in [0.717, 1.165) is 19.4 Å². The number of carbonyl (C=O) groups excluding carboxylic acids is 2. The first-order valence-corrected chi connectivity index (χ1v) is 9.28. The lowest BCUT2D eigenvalue weighted by molar-refractivity contribution is 0.0677. The normalized spacial score (nSPS) is 16.3. The van der Waals surface area contributed by atoms with Crippen molar-refractivity contribution in [2.24, 2.45) is 0 Å². The second-order valence-corrected chi connectivity index (χ2v) is 7.04. The van der Waals surface area contributed by atoms with E-state index in [-0.39, 0.29) is 17.8 Å². The highest BCUT2D eigenvalue weighted by Crippen LogP contribution is 2.27. The molecule has 1 aliphatic rings. The fourth-order valence-corrected chi connectivity index (χ4v) is 3.23. The van der Waals surface area contributed by atoms with Crippen LogP contribution in [0.1, 0.15) is 40.5 Å². The molecule has 0 radical (unpaired) electrons. The van der Waals surface area contributed by atoms with E-state index in [9.17, 15) is 9.59 Å². The number of hydrogen-bond donors (Lipinski definition) is 1. The van der Waals surface area contributed by atoms with Gasteiger partial charge in [-0.2, -0.15) is 0 Å². The lowest BCUT2D eigenvalue weighted by Crippen LogP contribution is -2.16. The summed E-state index contributed by atoms with van der Waals surface area (Å²) in [4.78, 5) is 23.9. The third-order valence-electron chi connectivity index (χ3n) is 4.17. The predicted octanol–water partition coefficient (Wildman–Crippen LogP) is 4.46. The molecule has 5 nitrogen and oxygen atoms in total. The van der Waals surface area contributed by atoms with Crippen molar-refractivity contribution >= 4 is 33.3 Å². The molecule has 1 fully saturated rings. The molecule has 0 bridgehead atoms. The minimum Gasteiger partial charge on any atom is -0.490 e. The Kier molecular flexibility index (Phi) is 6.06. The van der Waals surface area contributed by atoms with E-state index in [0.29, 0.717) is 33.6 Å². The van der Waals surface area contributed by atoms with Crippen molar-refractivity contribution in [2.45, 2.75) is 25.9 Å². The van der Waals surface area contributed by atoms with Crippen LogP contribution in [0, 0.1) is 0 Å². The van der Waals surface area contributed by atoms with E-state index >= 15 is 0 Å². The Labute approximate surface area is 160 Å². The first-order chi connectivity index (χ1) is 12.5. The second kappa shape index (κ2) is 8.47. The lowest BCUT2D eigenvalue weighted by atomic mass is 10.1. The van der Waals surface area contributed by atoms with E-state index in [1.807, 2.05) is 0 Å². The molecule has 1 unspecified atom stereocenters. The van der Waals surface area contributed by atoms with Crippen LogP contribution in [0.4, 0.5) is 5.69 Å². The Morgan fingerprint density at radius 2 is 2.08 bits per heavy atom. The zero-order valence-electron chi connectivity index (χ0n) is 14.5. The summed E-state index contributed by atoms with van der Waals surface area (Å²) in [6, 6.07) is 12.1. The minimum atomic E-state index is -0.253. The van der Waals surface area contributed by atoms with Crippen molar-refractivity contribution in [1.29, 1.82) is 0 Å². The maximum atomic E-state index is 12.4. The lowest BCUT2D eigenvalue weighted by Gasteiger charge is -2.13. The second-order valence-electron chi connectivity index (χ2n) is 6.18. The Bertz CT molecular complexity index is 815. The molecule has 1 amide bonds. The van der Waals surface area contributed by atoms with Crippen LogP contribution in [0.2, 0.25) is 0 Å². The van der Waals surface area contributed by atoms with E-state index < -0.39 is 0 Å². The summed E-state index contributed by atoms with van der Waals surface area (Å²) in [5.74, 6) is 0.379. The van der Waals surface area contributed by atoms with Gasteiger partial charge in [0.15, 0.2) is 5.78 Å². The summed E-state index contributed by atoms with van der Waals surface area (Å²) in [6.07, 6.45) is 2.22. The molecule has 1 saturated heterocycles. The van der Waals surface area contributed by atoms with Crippen LogP contribution in [0.15, 0.2) is 46.9 Å². The number of ether oxygens (including phenoxy) is 2. The molecule has 0 spiro atoms. The van der Waals surface area contributed by atoms with Crippen LogP contribution in [-0.4, -0.2) is 31.0 Å². The predicted molar refractivity (Wildman–Crippen MR) is 103 cm³/mol. The zero-order chi connectivity index (χ0) is 18.5. The Hall–Kier alpha value is -2.18. The third-order valence-corrected chi connectivity index (χ3v) is 4.79. The highest BCUT2D eigenvalue weighted by Gasteiger charge is 2.17. The van der Waals surface area contributed by atoms with Crippen molar-refractivity contribution < 1.29 is 19.1 Å². The molecule has 2 aromatic carbocycles. The van der Waals surface area contributed by atoms with Crippen LogP contribution in [-0.2, 0) is 4.74 Å². The van der Waals surface area contributed by atoms with E-state index in [4.69, 9.17) is 9.47 Å². The average molecular weight is 418 g/mol. The van der Waals surface area contributed by atoms with Gasteiger partial charge in [-0.1, -0.05) is 12.1 Å². The quantitative estimate of drug-likeness (QED) is 0.704. The minimum absolute atomic E-state index is 0.0448. The number of rotatable bonds is 6. The van der Waals surface area contributed by atoms with Gasteiger partial charge in [-0.05, 0) is 66.0 Å². The van der Waals surface area contributed by atoms with Gasteiger partial charge in [-0.15, -0.1) is 0 Å². The number of hydrogen-bond acceptors (Lipinski definition) is 4. The van der Waals surface area contributed by atoms with Gasteiger partial charge in [0.25, 0.3) is 5.91 Å². The summed E-state index contributed by atoms with van der Waals surface area (Å²) in [6.45, 7) is 2.79. The number of ketones is 1. The summed E-state index contributed by atoms with van der Waals surface area (Å²) in [5.41, 5.74) is 1.63. The van der Waals surface area contributed by atoms with Gasteiger partial charge in [0, 0.05) is 23.4 Å². The van der Waals surface area contributed by atoms with Gasteiger partial charge in [0.1, 0.15) is 12.4 Å². The highest BCUT2D eigenvalue weighted by atomic mass is 79.9. The average Bonchev–Trinajstić information content (AvgIpc) is 3.14. The monoisotopic (exact) mass is 417 g/mol. The van der Waals surface area contributed by atoms with Crippen LogP contribution in [0.5, 0.6) is 5.75 Å². The molecule has 0 aromatic heterocycles. The standard InChI is InChI=1S/C20H20BrNO4/c1-13(23)14-4-2-5-16(10-14)22-20(24)15-7-8-19(18(21)11-15)26-12-17-6-3-9-25-17/h2,4-5,7-8,10-11,17H,3,6,9,12H2,1H3,(H,22,24). The van der Waals surface area contributed by atoms with Gasteiger partial charge < -0.3 is 14.8 Å². The molecule has 0 saturated carbocycles. The van der Waals surface area contributed by atoms with E-state index in [2.05, 4.69) is 21.2 Å². The van der Waals surface area contributed by atoms with Gasteiger partial charge in [0.2, 0.25) is 0 Å². The molecule has 6 heteroatoms. The summed E-state index contributed by atoms with van der Waals surface area (Å²) in [7, 11) is 0. The Balaban J connectivity index is 1.65. The molecule has 1 N–H and O–H groups in total.